The van der Waals surface area contributed by atoms with Crippen LogP contribution >= 0.6 is 22.6 Å². The van der Waals surface area contributed by atoms with E-state index in [1.54, 1.807) is 22.6 Å². The van der Waals surface area contributed by atoms with Crippen molar-refractivity contribution in [1.29, 1.82) is 0 Å². The van der Waals surface area contributed by atoms with E-state index in [-0.39, 0.29) is 9.99 Å². The van der Waals surface area contributed by atoms with Crippen molar-refractivity contribution >= 4 is 22.6 Å². The second kappa shape index (κ2) is 6.54. The summed E-state index contributed by atoms with van der Waals surface area (Å²) in [4.78, 5) is 25.3. The first-order valence-electron chi connectivity index (χ1n) is 6.16. The minimum absolute atomic E-state index is 0.184. The Morgan fingerprint density at radius 3 is 2.62 bits per heavy atom. The summed E-state index contributed by atoms with van der Waals surface area (Å²) in [6, 6.07) is 0. The standard InChI is InChI=1S/C11H15IN2O7/c12-4-2-14(11(20)13-10(4)19)7-1-5(16)8(17)9(18)6(3-15)21-7/h2,5-9,15-18H,1,3H2,(H,13,19,20)/t5-,6-,7?,8-,9-/m1/s1. The molecule has 1 aromatic rings. The first kappa shape index (κ1) is 16.6. The van der Waals surface area contributed by atoms with E-state index in [2.05, 4.69) is 4.98 Å². The zero-order valence-corrected chi connectivity index (χ0v) is 12.9. The molecule has 0 radical (unpaired) electrons. The predicted molar refractivity (Wildman–Crippen MR) is 77.7 cm³/mol. The monoisotopic (exact) mass is 414 g/mol. The fraction of sp³-hybridized carbons (Fsp3) is 0.636. The summed E-state index contributed by atoms with van der Waals surface area (Å²) in [5.41, 5.74) is -1.30. The summed E-state index contributed by atoms with van der Waals surface area (Å²) >= 11 is 1.73. The number of aliphatic hydroxyl groups is 4. The van der Waals surface area contributed by atoms with Gasteiger partial charge in [0.25, 0.3) is 5.56 Å². The fourth-order valence-corrected chi connectivity index (χ4v) is 2.57. The number of rotatable bonds is 2. The van der Waals surface area contributed by atoms with Crippen LogP contribution in [0.15, 0.2) is 15.8 Å². The average Bonchev–Trinajstić information content (AvgIpc) is 2.54. The molecule has 0 aliphatic carbocycles. The molecule has 0 spiro atoms. The predicted octanol–water partition coefficient (Wildman–Crippen LogP) is -2.50. The highest BCUT2D eigenvalue weighted by molar-refractivity contribution is 14.1. The smallest absolute Gasteiger partial charge is 0.330 e. The van der Waals surface area contributed by atoms with Gasteiger partial charge in [-0.25, -0.2) is 4.79 Å². The first-order valence-corrected chi connectivity index (χ1v) is 7.24. The van der Waals surface area contributed by atoms with Gasteiger partial charge in [0, 0.05) is 12.6 Å². The lowest BCUT2D eigenvalue weighted by molar-refractivity contribution is -0.132. The van der Waals surface area contributed by atoms with E-state index < -0.39 is 48.5 Å². The Morgan fingerprint density at radius 1 is 1.33 bits per heavy atom. The van der Waals surface area contributed by atoms with Crippen LogP contribution in [-0.2, 0) is 4.74 Å². The van der Waals surface area contributed by atoms with E-state index in [1.165, 1.54) is 6.20 Å². The van der Waals surface area contributed by atoms with Gasteiger partial charge in [0.05, 0.1) is 16.3 Å². The van der Waals surface area contributed by atoms with Crippen LogP contribution in [0, 0.1) is 3.57 Å². The molecule has 1 saturated heterocycles. The van der Waals surface area contributed by atoms with Crippen molar-refractivity contribution in [3.8, 4) is 0 Å². The minimum Gasteiger partial charge on any atom is -0.394 e. The van der Waals surface area contributed by atoms with Crippen LogP contribution < -0.4 is 11.2 Å². The number of aromatic nitrogens is 2. The molecule has 1 aliphatic heterocycles. The summed E-state index contributed by atoms with van der Waals surface area (Å²) in [5.74, 6) is 0. The zero-order valence-electron chi connectivity index (χ0n) is 10.7. The third kappa shape index (κ3) is 3.35. The molecule has 1 fully saturated rings. The van der Waals surface area contributed by atoms with Crippen LogP contribution in [0.4, 0.5) is 0 Å². The van der Waals surface area contributed by atoms with Gasteiger partial charge in [0.15, 0.2) is 0 Å². The van der Waals surface area contributed by atoms with Gasteiger partial charge in [0.1, 0.15) is 24.5 Å². The number of nitrogens with one attached hydrogen (secondary N) is 1. The van der Waals surface area contributed by atoms with Crippen molar-refractivity contribution in [2.24, 2.45) is 0 Å². The lowest BCUT2D eigenvalue weighted by Gasteiger charge is -2.24. The molecule has 0 bridgehead atoms. The molecular formula is C11H15IN2O7. The average molecular weight is 414 g/mol. The van der Waals surface area contributed by atoms with Gasteiger partial charge in [-0.15, -0.1) is 0 Å². The van der Waals surface area contributed by atoms with Crippen LogP contribution in [0.3, 0.4) is 0 Å². The van der Waals surface area contributed by atoms with E-state index >= 15 is 0 Å². The van der Waals surface area contributed by atoms with Crippen molar-refractivity contribution in [1.82, 2.24) is 9.55 Å². The highest BCUT2D eigenvalue weighted by Crippen LogP contribution is 2.26. The molecule has 0 saturated carbocycles. The highest BCUT2D eigenvalue weighted by Gasteiger charge is 2.39. The lowest BCUT2D eigenvalue weighted by atomic mass is 10.0. The van der Waals surface area contributed by atoms with Gasteiger partial charge in [-0.05, 0) is 22.6 Å². The maximum Gasteiger partial charge on any atom is 0.330 e. The van der Waals surface area contributed by atoms with Crippen molar-refractivity contribution in [3.63, 3.8) is 0 Å². The second-order valence-corrected chi connectivity index (χ2v) is 5.90. The normalized spacial score (nSPS) is 33.7. The Balaban J connectivity index is 2.41. The molecule has 2 rings (SSSR count). The molecule has 1 aliphatic rings. The number of hydrogen-bond donors (Lipinski definition) is 5. The Labute approximate surface area is 132 Å². The van der Waals surface area contributed by atoms with E-state index in [4.69, 9.17) is 4.74 Å². The third-order valence-corrected chi connectivity index (χ3v) is 4.08. The topological polar surface area (TPSA) is 145 Å². The molecule has 2 heterocycles. The SMILES string of the molecule is O=c1[nH]c(=O)n(C2C[C@@H](O)[C@@H](O)[C@H](O)[C@@H](CO)O2)cc1I. The summed E-state index contributed by atoms with van der Waals surface area (Å²) in [6.07, 6.45) is -5.50. The van der Waals surface area contributed by atoms with Crippen molar-refractivity contribution in [2.75, 3.05) is 6.61 Å². The molecule has 5 N–H and O–H groups in total. The number of nitrogens with zero attached hydrogens (tertiary/aromatic N) is 1. The number of ether oxygens (including phenoxy) is 1. The van der Waals surface area contributed by atoms with Gasteiger partial charge in [-0.3, -0.25) is 14.3 Å². The Hall–Kier alpha value is -0.790. The number of aliphatic hydroxyl groups excluding tert-OH is 4. The number of halogens is 1. The van der Waals surface area contributed by atoms with Crippen LogP contribution in [0.1, 0.15) is 12.6 Å². The number of H-pyrrole nitrogens is 1. The Bertz CT molecular complexity index is 615. The van der Waals surface area contributed by atoms with Gasteiger partial charge >= 0.3 is 5.69 Å². The van der Waals surface area contributed by atoms with E-state index in [1.807, 2.05) is 0 Å². The maximum absolute atomic E-state index is 11.8. The maximum atomic E-state index is 11.8. The zero-order chi connectivity index (χ0) is 15.7. The molecule has 0 aromatic carbocycles. The molecule has 1 unspecified atom stereocenters. The van der Waals surface area contributed by atoms with Crippen molar-refractivity contribution in [3.05, 3.63) is 30.6 Å². The molecule has 21 heavy (non-hydrogen) atoms. The summed E-state index contributed by atoms with van der Waals surface area (Å²) < 4.78 is 6.67. The van der Waals surface area contributed by atoms with Gasteiger partial charge < -0.3 is 25.2 Å². The molecule has 0 amide bonds. The summed E-state index contributed by atoms with van der Waals surface area (Å²) in [6.45, 7) is -0.601. The van der Waals surface area contributed by atoms with Crippen LogP contribution in [-0.4, -0.2) is 61.0 Å². The molecule has 5 atom stereocenters. The lowest BCUT2D eigenvalue weighted by Crippen LogP contribution is -2.44. The summed E-state index contributed by atoms with van der Waals surface area (Å²) in [7, 11) is 0. The third-order valence-electron chi connectivity index (χ3n) is 3.31. The van der Waals surface area contributed by atoms with Crippen LogP contribution in [0.2, 0.25) is 0 Å². The number of aromatic amines is 1. The Kier molecular flexibility index (Phi) is 5.16. The van der Waals surface area contributed by atoms with Gasteiger partial charge in [-0.1, -0.05) is 0 Å². The molecule has 9 nitrogen and oxygen atoms in total. The van der Waals surface area contributed by atoms with Gasteiger partial charge in [-0.2, -0.15) is 0 Å². The van der Waals surface area contributed by atoms with E-state index in [0.29, 0.717) is 0 Å². The quantitative estimate of drug-likeness (QED) is 0.337. The fourth-order valence-electron chi connectivity index (χ4n) is 2.14. The van der Waals surface area contributed by atoms with E-state index in [9.17, 15) is 30.0 Å². The molecular weight excluding hydrogens is 399 g/mol. The summed E-state index contributed by atoms with van der Waals surface area (Å²) in [5, 5.41) is 38.5. The van der Waals surface area contributed by atoms with Gasteiger partial charge in [0.2, 0.25) is 0 Å². The number of hydrogen-bond acceptors (Lipinski definition) is 7. The first-order chi connectivity index (χ1) is 9.85. The Morgan fingerprint density at radius 2 is 2.00 bits per heavy atom. The van der Waals surface area contributed by atoms with Crippen molar-refractivity contribution in [2.45, 2.75) is 37.1 Å². The molecule has 118 valence electrons. The van der Waals surface area contributed by atoms with Crippen LogP contribution in [0.5, 0.6) is 0 Å². The second-order valence-electron chi connectivity index (χ2n) is 4.74. The molecule has 1 aromatic heterocycles. The van der Waals surface area contributed by atoms with Crippen LogP contribution in [0.25, 0.3) is 0 Å². The largest absolute Gasteiger partial charge is 0.394 e. The highest BCUT2D eigenvalue weighted by atomic mass is 127. The molecule has 10 heteroatoms. The van der Waals surface area contributed by atoms with E-state index in [0.717, 1.165) is 4.57 Å². The van der Waals surface area contributed by atoms with Crippen molar-refractivity contribution < 1.29 is 25.2 Å². The minimum atomic E-state index is -1.51.